The van der Waals surface area contributed by atoms with Crippen LogP contribution >= 0.6 is 11.6 Å². The van der Waals surface area contributed by atoms with Gasteiger partial charge in [-0.15, -0.1) is 0 Å². The Balaban J connectivity index is 2.24. The van der Waals surface area contributed by atoms with Gasteiger partial charge in [-0.3, -0.25) is 10.6 Å². The summed E-state index contributed by atoms with van der Waals surface area (Å²) in [6.07, 6.45) is 2.04. The standard InChI is InChI=1S/C11H14ClN3O/c1-11(4-5-11)14-10(16)8-6-7(12)2-3-9(8)15-13/h2-3,6,15H,4-5,13H2,1H3,(H,14,16). The van der Waals surface area contributed by atoms with Crippen LogP contribution < -0.4 is 16.6 Å². The first-order valence-electron chi connectivity index (χ1n) is 5.13. The molecule has 1 aromatic rings. The van der Waals surface area contributed by atoms with E-state index in [9.17, 15) is 4.79 Å². The van der Waals surface area contributed by atoms with Gasteiger partial charge in [-0.1, -0.05) is 11.6 Å². The highest BCUT2D eigenvalue weighted by Crippen LogP contribution is 2.35. The second-order valence-electron chi connectivity index (χ2n) is 4.35. The van der Waals surface area contributed by atoms with E-state index < -0.39 is 0 Å². The lowest BCUT2D eigenvalue weighted by Gasteiger charge is -2.14. The van der Waals surface area contributed by atoms with Gasteiger partial charge in [0.25, 0.3) is 5.91 Å². The molecule has 1 aliphatic carbocycles. The predicted molar refractivity (Wildman–Crippen MR) is 64.4 cm³/mol. The molecule has 4 nitrogen and oxygen atoms in total. The third kappa shape index (κ3) is 2.28. The number of carbonyl (C=O) groups is 1. The van der Waals surface area contributed by atoms with Gasteiger partial charge in [0.2, 0.25) is 0 Å². The van der Waals surface area contributed by atoms with Crippen LogP contribution in [0.15, 0.2) is 18.2 Å². The van der Waals surface area contributed by atoms with E-state index in [-0.39, 0.29) is 11.4 Å². The van der Waals surface area contributed by atoms with Crippen LogP contribution in [-0.4, -0.2) is 11.4 Å². The fraction of sp³-hybridized carbons (Fsp3) is 0.364. The summed E-state index contributed by atoms with van der Waals surface area (Å²) in [6.45, 7) is 2.02. The van der Waals surface area contributed by atoms with E-state index in [1.807, 2.05) is 6.92 Å². The molecule has 0 unspecified atom stereocenters. The summed E-state index contributed by atoms with van der Waals surface area (Å²) in [4.78, 5) is 12.0. The highest BCUT2D eigenvalue weighted by Gasteiger charge is 2.39. The minimum atomic E-state index is -0.143. The van der Waals surface area contributed by atoms with Crippen molar-refractivity contribution in [1.29, 1.82) is 0 Å². The lowest BCUT2D eigenvalue weighted by molar-refractivity contribution is 0.0936. The van der Waals surface area contributed by atoms with Crippen molar-refractivity contribution in [3.8, 4) is 0 Å². The van der Waals surface area contributed by atoms with Crippen LogP contribution in [0.4, 0.5) is 5.69 Å². The molecule has 1 fully saturated rings. The smallest absolute Gasteiger partial charge is 0.253 e. The van der Waals surface area contributed by atoms with Crippen molar-refractivity contribution in [1.82, 2.24) is 5.32 Å². The fourth-order valence-corrected chi connectivity index (χ4v) is 1.66. The number of carbonyl (C=O) groups excluding carboxylic acids is 1. The number of amides is 1. The maximum absolute atomic E-state index is 12.0. The summed E-state index contributed by atoms with van der Waals surface area (Å²) in [7, 11) is 0. The Morgan fingerprint density at radius 2 is 2.19 bits per heavy atom. The quantitative estimate of drug-likeness (QED) is 0.558. The number of anilines is 1. The molecule has 16 heavy (non-hydrogen) atoms. The number of hydrazine groups is 1. The minimum absolute atomic E-state index is 0.0503. The minimum Gasteiger partial charge on any atom is -0.347 e. The van der Waals surface area contributed by atoms with Crippen LogP contribution in [0.25, 0.3) is 0 Å². The molecular formula is C11H14ClN3O. The normalized spacial score (nSPS) is 16.7. The summed E-state index contributed by atoms with van der Waals surface area (Å²) in [5.74, 6) is 5.20. The second kappa shape index (κ2) is 3.96. The van der Waals surface area contributed by atoms with Crippen molar-refractivity contribution in [2.24, 2.45) is 5.84 Å². The Hall–Kier alpha value is -1.26. The monoisotopic (exact) mass is 239 g/mol. The largest absolute Gasteiger partial charge is 0.347 e. The van der Waals surface area contributed by atoms with Crippen molar-refractivity contribution in [2.45, 2.75) is 25.3 Å². The molecule has 5 heteroatoms. The molecule has 2 rings (SSSR count). The number of benzene rings is 1. The van der Waals surface area contributed by atoms with Gasteiger partial charge in [0.05, 0.1) is 11.3 Å². The van der Waals surface area contributed by atoms with Gasteiger partial charge in [-0.2, -0.15) is 0 Å². The zero-order valence-corrected chi connectivity index (χ0v) is 9.77. The summed E-state index contributed by atoms with van der Waals surface area (Å²) < 4.78 is 0. The number of hydrogen-bond acceptors (Lipinski definition) is 3. The molecule has 1 saturated carbocycles. The van der Waals surface area contributed by atoms with Crippen LogP contribution in [0.1, 0.15) is 30.1 Å². The second-order valence-corrected chi connectivity index (χ2v) is 4.79. The van der Waals surface area contributed by atoms with Gasteiger partial charge in [-0.05, 0) is 38.0 Å². The molecule has 86 valence electrons. The summed E-state index contributed by atoms with van der Waals surface area (Å²) in [5, 5.41) is 3.47. The predicted octanol–water partition coefficient (Wildman–Crippen LogP) is 1.91. The van der Waals surface area contributed by atoms with Crippen molar-refractivity contribution >= 4 is 23.2 Å². The van der Waals surface area contributed by atoms with E-state index >= 15 is 0 Å². The molecule has 0 heterocycles. The molecule has 0 radical (unpaired) electrons. The van der Waals surface area contributed by atoms with E-state index in [0.717, 1.165) is 12.8 Å². The van der Waals surface area contributed by atoms with E-state index in [1.165, 1.54) is 0 Å². The highest BCUT2D eigenvalue weighted by molar-refractivity contribution is 6.31. The first kappa shape index (κ1) is 11.2. The Bertz CT molecular complexity index is 429. The Morgan fingerprint density at radius 3 is 2.75 bits per heavy atom. The zero-order chi connectivity index (χ0) is 11.8. The summed E-state index contributed by atoms with van der Waals surface area (Å²) in [6, 6.07) is 4.98. The third-order valence-corrected chi connectivity index (χ3v) is 3.03. The number of nitrogens with two attached hydrogens (primary N) is 1. The van der Waals surface area contributed by atoms with Crippen molar-refractivity contribution in [3.63, 3.8) is 0 Å². The molecule has 0 atom stereocenters. The molecule has 0 spiro atoms. The molecule has 4 N–H and O–H groups in total. The highest BCUT2D eigenvalue weighted by atomic mass is 35.5. The molecule has 0 aliphatic heterocycles. The van der Waals surface area contributed by atoms with Crippen LogP contribution in [-0.2, 0) is 0 Å². The number of halogens is 1. The molecule has 1 aromatic carbocycles. The number of rotatable bonds is 3. The van der Waals surface area contributed by atoms with Crippen LogP contribution in [0.5, 0.6) is 0 Å². The van der Waals surface area contributed by atoms with Crippen LogP contribution in [0, 0.1) is 0 Å². The molecule has 0 bridgehead atoms. The van der Waals surface area contributed by atoms with E-state index in [0.29, 0.717) is 16.3 Å². The van der Waals surface area contributed by atoms with Gasteiger partial charge in [-0.25, -0.2) is 0 Å². The third-order valence-electron chi connectivity index (χ3n) is 2.80. The van der Waals surface area contributed by atoms with E-state index in [2.05, 4.69) is 10.7 Å². The average Bonchev–Trinajstić information content (AvgIpc) is 2.96. The SMILES string of the molecule is CC1(NC(=O)c2cc(Cl)ccc2NN)CC1. The van der Waals surface area contributed by atoms with Gasteiger partial charge >= 0.3 is 0 Å². The Labute approximate surface area is 99.1 Å². The first-order chi connectivity index (χ1) is 7.54. The van der Waals surface area contributed by atoms with Gasteiger partial charge in [0.1, 0.15) is 0 Å². The maximum atomic E-state index is 12.0. The lowest BCUT2D eigenvalue weighted by atomic mass is 10.1. The maximum Gasteiger partial charge on any atom is 0.253 e. The Morgan fingerprint density at radius 1 is 1.50 bits per heavy atom. The first-order valence-corrected chi connectivity index (χ1v) is 5.50. The zero-order valence-electron chi connectivity index (χ0n) is 9.01. The summed E-state index contributed by atoms with van der Waals surface area (Å²) >= 11 is 5.86. The average molecular weight is 240 g/mol. The molecule has 1 amide bonds. The number of nitrogen functional groups attached to an aromatic ring is 1. The van der Waals surface area contributed by atoms with E-state index in [1.54, 1.807) is 18.2 Å². The van der Waals surface area contributed by atoms with Crippen molar-refractivity contribution in [2.75, 3.05) is 5.43 Å². The van der Waals surface area contributed by atoms with Crippen LogP contribution in [0.2, 0.25) is 5.02 Å². The van der Waals surface area contributed by atoms with Gasteiger partial charge in [0, 0.05) is 10.6 Å². The molecular weight excluding hydrogens is 226 g/mol. The van der Waals surface area contributed by atoms with Gasteiger partial charge < -0.3 is 10.7 Å². The number of nitrogens with one attached hydrogen (secondary N) is 2. The topological polar surface area (TPSA) is 67.2 Å². The Kier molecular flexibility index (Phi) is 2.78. The number of hydrogen-bond donors (Lipinski definition) is 3. The van der Waals surface area contributed by atoms with Crippen molar-refractivity contribution in [3.05, 3.63) is 28.8 Å². The van der Waals surface area contributed by atoms with Crippen LogP contribution in [0.3, 0.4) is 0 Å². The fourth-order valence-electron chi connectivity index (χ4n) is 1.48. The molecule has 0 saturated heterocycles. The van der Waals surface area contributed by atoms with E-state index in [4.69, 9.17) is 17.4 Å². The summed E-state index contributed by atoms with van der Waals surface area (Å²) in [5.41, 5.74) is 3.49. The lowest BCUT2D eigenvalue weighted by Crippen LogP contribution is -2.34. The molecule has 1 aliphatic rings. The molecule has 0 aromatic heterocycles. The van der Waals surface area contributed by atoms with Crippen molar-refractivity contribution < 1.29 is 4.79 Å². The van der Waals surface area contributed by atoms with Gasteiger partial charge in [0.15, 0.2) is 0 Å².